The summed E-state index contributed by atoms with van der Waals surface area (Å²) in [4.78, 5) is 0. The molecule has 1 aromatic heterocycles. The van der Waals surface area contributed by atoms with Crippen molar-refractivity contribution in [2.75, 3.05) is 0 Å². The van der Waals surface area contributed by atoms with Crippen molar-refractivity contribution in [1.82, 2.24) is 4.57 Å². The van der Waals surface area contributed by atoms with Gasteiger partial charge in [-0.1, -0.05) is 38.1 Å². The molecule has 1 heteroatoms. The first-order chi connectivity index (χ1) is 8.18. The molecule has 3 aromatic rings. The third kappa shape index (κ3) is 1.46. The minimum Gasteiger partial charge on any atom is -0.344 e. The van der Waals surface area contributed by atoms with E-state index in [0.29, 0.717) is 5.92 Å². The van der Waals surface area contributed by atoms with E-state index >= 15 is 0 Å². The summed E-state index contributed by atoms with van der Waals surface area (Å²) in [5.41, 5.74) is 4.04. The van der Waals surface area contributed by atoms with Crippen LogP contribution in [-0.2, 0) is 7.05 Å². The van der Waals surface area contributed by atoms with Crippen LogP contribution in [0.3, 0.4) is 0 Å². The van der Waals surface area contributed by atoms with Crippen LogP contribution >= 0.6 is 0 Å². The lowest BCUT2D eigenvalue weighted by Gasteiger charge is -2.05. The first-order valence-corrected chi connectivity index (χ1v) is 6.15. The highest BCUT2D eigenvalue weighted by atomic mass is 14.9. The van der Waals surface area contributed by atoms with Gasteiger partial charge in [-0.15, -0.1) is 0 Å². The van der Waals surface area contributed by atoms with Crippen LogP contribution in [0, 0.1) is 0 Å². The maximum atomic E-state index is 2.34. The number of aryl methyl sites for hydroxylation is 1. The Kier molecular flexibility index (Phi) is 2.22. The minimum atomic E-state index is 0.582. The summed E-state index contributed by atoms with van der Waals surface area (Å²) in [5, 5.41) is 2.72. The largest absolute Gasteiger partial charge is 0.344 e. The highest BCUT2D eigenvalue weighted by Gasteiger charge is 2.08. The Hall–Kier alpha value is -1.76. The standard InChI is InChI=1S/C16H17N/c1-11(2)12-8-9-16-14(10-12)13-6-4-5-7-15(13)17(16)3/h4-11H,1-3H3. The van der Waals surface area contributed by atoms with E-state index in [0.717, 1.165) is 0 Å². The molecule has 0 bridgehead atoms. The Bertz CT molecular complexity index is 689. The van der Waals surface area contributed by atoms with Gasteiger partial charge in [0.25, 0.3) is 0 Å². The quantitative estimate of drug-likeness (QED) is 0.574. The van der Waals surface area contributed by atoms with Gasteiger partial charge >= 0.3 is 0 Å². The molecule has 1 heterocycles. The Morgan fingerprint density at radius 2 is 1.59 bits per heavy atom. The van der Waals surface area contributed by atoms with E-state index in [2.05, 4.69) is 67.9 Å². The van der Waals surface area contributed by atoms with Gasteiger partial charge in [-0.05, 0) is 29.7 Å². The van der Waals surface area contributed by atoms with Crippen LogP contribution in [0.1, 0.15) is 25.3 Å². The number of para-hydroxylation sites is 1. The summed E-state index contributed by atoms with van der Waals surface area (Å²) in [6.07, 6.45) is 0. The number of aromatic nitrogens is 1. The summed E-state index contributed by atoms with van der Waals surface area (Å²) in [6, 6.07) is 15.4. The number of fused-ring (bicyclic) bond motifs is 3. The van der Waals surface area contributed by atoms with Crippen LogP contribution < -0.4 is 0 Å². The molecule has 0 fully saturated rings. The molecule has 0 saturated heterocycles. The maximum Gasteiger partial charge on any atom is 0.0488 e. The van der Waals surface area contributed by atoms with Crippen molar-refractivity contribution in [2.45, 2.75) is 19.8 Å². The van der Waals surface area contributed by atoms with E-state index in [4.69, 9.17) is 0 Å². The lowest BCUT2D eigenvalue weighted by atomic mass is 10.0. The molecule has 2 aromatic carbocycles. The number of hydrogen-bond donors (Lipinski definition) is 0. The van der Waals surface area contributed by atoms with Gasteiger partial charge in [0.2, 0.25) is 0 Å². The monoisotopic (exact) mass is 223 g/mol. The second-order valence-electron chi connectivity index (χ2n) is 5.01. The SMILES string of the molecule is CC(C)c1ccc2c(c1)c1ccccc1n2C. The van der Waals surface area contributed by atoms with E-state index in [1.165, 1.54) is 27.4 Å². The van der Waals surface area contributed by atoms with Crippen LogP contribution in [0.2, 0.25) is 0 Å². The van der Waals surface area contributed by atoms with Crippen LogP contribution in [0.15, 0.2) is 42.5 Å². The molecule has 17 heavy (non-hydrogen) atoms. The molecule has 3 rings (SSSR count). The number of hydrogen-bond acceptors (Lipinski definition) is 0. The predicted molar refractivity (Wildman–Crippen MR) is 74.5 cm³/mol. The minimum absolute atomic E-state index is 0.582. The Morgan fingerprint density at radius 3 is 2.35 bits per heavy atom. The molecule has 0 saturated carbocycles. The van der Waals surface area contributed by atoms with Crippen LogP contribution in [0.5, 0.6) is 0 Å². The molecule has 0 atom stereocenters. The van der Waals surface area contributed by atoms with E-state index in [1.807, 2.05) is 0 Å². The van der Waals surface area contributed by atoms with Gasteiger partial charge < -0.3 is 4.57 Å². The van der Waals surface area contributed by atoms with Gasteiger partial charge in [0.05, 0.1) is 0 Å². The van der Waals surface area contributed by atoms with Crippen molar-refractivity contribution < 1.29 is 0 Å². The fourth-order valence-electron chi connectivity index (χ4n) is 2.54. The summed E-state index contributed by atoms with van der Waals surface area (Å²) in [6.45, 7) is 4.48. The fourth-order valence-corrected chi connectivity index (χ4v) is 2.54. The average Bonchev–Trinajstić information content (AvgIpc) is 2.64. The highest BCUT2D eigenvalue weighted by molar-refractivity contribution is 6.08. The van der Waals surface area contributed by atoms with E-state index < -0.39 is 0 Å². The van der Waals surface area contributed by atoms with Gasteiger partial charge in [0, 0.05) is 28.9 Å². The summed E-state index contributed by atoms with van der Waals surface area (Å²) in [7, 11) is 2.14. The first-order valence-electron chi connectivity index (χ1n) is 6.15. The topological polar surface area (TPSA) is 4.93 Å². The zero-order chi connectivity index (χ0) is 12.0. The molecule has 0 aliphatic heterocycles. The van der Waals surface area contributed by atoms with Gasteiger partial charge in [-0.3, -0.25) is 0 Å². The van der Waals surface area contributed by atoms with Crippen molar-refractivity contribution >= 4 is 21.8 Å². The lowest BCUT2D eigenvalue weighted by molar-refractivity contribution is 0.868. The van der Waals surface area contributed by atoms with Gasteiger partial charge in [0.15, 0.2) is 0 Å². The van der Waals surface area contributed by atoms with E-state index in [1.54, 1.807) is 0 Å². The van der Waals surface area contributed by atoms with Crippen molar-refractivity contribution in [1.29, 1.82) is 0 Å². The summed E-state index contributed by atoms with van der Waals surface area (Å²) >= 11 is 0. The molecule has 0 spiro atoms. The zero-order valence-corrected chi connectivity index (χ0v) is 10.6. The Morgan fingerprint density at radius 1 is 0.882 bits per heavy atom. The van der Waals surface area contributed by atoms with Crippen molar-refractivity contribution in [2.24, 2.45) is 7.05 Å². The molecule has 0 amide bonds. The van der Waals surface area contributed by atoms with Gasteiger partial charge in [-0.2, -0.15) is 0 Å². The van der Waals surface area contributed by atoms with Crippen molar-refractivity contribution in [3.05, 3.63) is 48.0 Å². The first kappa shape index (κ1) is 10.4. The maximum absolute atomic E-state index is 2.34. The second kappa shape index (κ2) is 3.63. The molecular weight excluding hydrogens is 206 g/mol. The summed E-state index contributed by atoms with van der Waals surface area (Å²) in [5.74, 6) is 0.582. The average molecular weight is 223 g/mol. The third-order valence-corrected chi connectivity index (χ3v) is 3.60. The Balaban J connectivity index is 2.46. The summed E-state index contributed by atoms with van der Waals surface area (Å²) < 4.78 is 2.27. The van der Waals surface area contributed by atoms with E-state index in [-0.39, 0.29) is 0 Å². The number of rotatable bonds is 1. The molecule has 1 nitrogen and oxygen atoms in total. The third-order valence-electron chi connectivity index (χ3n) is 3.60. The highest BCUT2D eigenvalue weighted by Crippen LogP contribution is 2.30. The van der Waals surface area contributed by atoms with Crippen LogP contribution in [0.4, 0.5) is 0 Å². The number of benzene rings is 2. The predicted octanol–water partition coefficient (Wildman–Crippen LogP) is 4.45. The van der Waals surface area contributed by atoms with Crippen molar-refractivity contribution in [3.8, 4) is 0 Å². The van der Waals surface area contributed by atoms with Gasteiger partial charge in [-0.25, -0.2) is 0 Å². The molecule has 0 N–H and O–H groups in total. The molecule has 0 aliphatic rings. The fraction of sp³-hybridized carbons (Fsp3) is 0.250. The normalized spacial score (nSPS) is 11.8. The second-order valence-corrected chi connectivity index (χ2v) is 5.01. The molecule has 0 radical (unpaired) electrons. The lowest BCUT2D eigenvalue weighted by Crippen LogP contribution is -1.88. The van der Waals surface area contributed by atoms with E-state index in [9.17, 15) is 0 Å². The van der Waals surface area contributed by atoms with Crippen LogP contribution in [0.25, 0.3) is 21.8 Å². The smallest absolute Gasteiger partial charge is 0.0488 e. The van der Waals surface area contributed by atoms with Crippen molar-refractivity contribution in [3.63, 3.8) is 0 Å². The van der Waals surface area contributed by atoms with Gasteiger partial charge in [0.1, 0.15) is 0 Å². The number of nitrogens with zero attached hydrogens (tertiary/aromatic N) is 1. The molecule has 86 valence electrons. The molecule has 0 unspecified atom stereocenters. The zero-order valence-electron chi connectivity index (χ0n) is 10.6. The van der Waals surface area contributed by atoms with Crippen LogP contribution in [-0.4, -0.2) is 4.57 Å². The molecular formula is C16H17N. The Labute approximate surface area is 102 Å². The molecule has 0 aliphatic carbocycles.